The molecule has 3 aromatic rings. The topological polar surface area (TPSA) is 137 Å². The van der Waals surface area contributed by atoms with Gasteiger partial charge in [0.2, 0.25) is 5.75 Å². The number of nitrogens with zero attached hydrogens (tertiary/aromatic N) is 4. The van der Waals surface area contributed by atoms with Crippen molar-refractivity contribution in [3.8, 4) is 11.8 Å². The lowest BCUT2D eigenvalue weighted by molar-refractivity contribution is -0.385. The Bertz CT molecular complexity index is 1810. The second-order valence-electron chi connectivity index (χ2n) is 8.17. The summed E-state index contributed by atoms with van der Waals surface area (Å²) in [7, 11) is 0. The first kappa shape index (κ1) is 30.0. The van der Waals surface area contributed by atoms with Crippen LogP contribution < -0.4 is 19.6 Å². The van der Waals surface area contributed by atoms with Crippen LogP contribution in [0, 0.1) is 21.4 Å². The number of nitro groups is 1. The predicted octanol–water partition coefficient (Wildman–Crippen LogP) is 4.57. The summed E-state index contributed by atoms with van der Waals surface area (Å²) in [4.78, 5) is 40.7. The van der Waals surface area contributed by atoms with E-state index in [4.69, 9.17) is 26.3 Å². The van der Waals surface area contributed by atoms with Crippen molar-refractivity contribution in [3.05, 3.63) is 98.1 Å². The number of nitriles is 1. The third-order valence-electron chi connectivity index (χ3n) is 5.60. The van der Waals surface area contributed by atoms with Crippen LogP contribution >= 0.6 is 38.9 Å². The van der Waals surface area contributed by atoms with Crippen molar-refractivity contribution < 1.29 is 32.4 Å². The summed E-state index contributed by atoms with van der Waals surface area (Å²) in [6.07, 6.45) is -3.84. The lowest BCUT2D eigenvalue weighted by Crippen LogP contribution is -2.41. The number of nitro benzene ring substituents is 1. The highest BCUT2D eigenvalue weighted by molar-refractivity contribution is 9.10. The van der Waals surface area contributed by atoms with E-state index in [1.54, 1.807) is 6.07 Å². The number of rotatable bonds is 7. The van der Waals surface area contributed by atoms with Crippen molar-refractivity contribution in [1.82, 2.24) is 4.57 Å². The zero-order valence-corrected chi connectivity index (χ0v) is 23.7. The molecule has 212 valence electrons. The number of aromatic nitrogens is 1. The number of ether oxygens (including phenoxy) is 2. The largest absolute Gasteiger partial charge is 0.471 e. The van der Waals surface area contributed by atoms with E-state index >= 15 is 0 Å². The van der Waals surface area contributed by atoms with Crippen LogP contribution in [0.25, 0.3) is 6.08 Å². The number of carbonyl (C=O) groups excluding carboxylic acids is 1. The molecule has 4 rings (SSSR count). The Hall–Kier alpha value is -4.00. The first-order valence-corrected chi connectivity index (χ1v) is 13.4. The minimum absolute atomic E-state index is 0.101. The molecular formula is C25H15BrClF3N4O6S. The zero-order valence-electron chi connectivity index (χ0n) is 20.6. The molecule has 2 aromatic carbocycles. The van der Waals surface area contributed by atoms with Crippen LogP contribution in [0.2, 0.25) is 5.02 Å². The number of fused-ring (bicyclic) bond motifs is 1. The number of halogens is 5. The molecule has 1 aromatic heterocycles. The van der Waals surface area contributed by atoms with Gasteiger partial charge in [0.1, 0.15) is 6.07 Å². The van der Waals surface area contributed by atoms with Gasteiger partial charge in [-0.05, 0) is 58.3 Å². The monoisotopic (exact) mass is 670 g/mol. The molecule has 1 aliphatic heterocycles. The molecule has 0 bridgehead atoms. The van der Waals surface area contributed by atoms with E-state index < -0.39 is 52.2 Å². The summed E-state index contributed by atoms with van der Waals surface area (Å²) >= 11 is 9.71. The van der Waals surface area contributed by atoms with Crippen LogP contribution in [-0.4, -0.2) is 34.8 Å². The number of esters is 1. The fourth-order valence-electron chi connectivity index (χ4n) is 4.02. The van der Waals surface area contributed by atoms with Crippen molar-refractivity contribution in [3.63, 3.8) is 0 Å². The standard InChI is InChI=1S/C25H15BrClF3N4O6S/c1-2-39-23(36)18-19(13-3-5-14(27)6-4-13)33-22(35)17(41-24(33)32-21(18)25(28,29)30)11-12-9-15(26)20(40-8-7-31)16(10-12)34(37)38/h3-6,9-11,19H,2,8H2,1H3/b17-11-/t19-/m1/s1. The average molecular weight is 672 g/mol. The number of carbonyl (C=O) groups is 1. The first-order valence-electron chi connectivity index (χ1n) is 11.4. The summed E-state index contributed by atoms with van der Waals surface area (Å²) in [5.74, 6) is -1.52. The van der Waals surface area contributed by atoms with Gasteiger partial charge in [-0.15, -0.1) is 0 Å². The fourth-order valence-corrected chi connectivity index (χ4v) is 5.73. The number of hydrogen-bond donors (Lipinski definition) is 0. The third kappa shape index (κ3) is 6.04. The number of alkyl halides is 3. The van der Waals surface area contributed by atoms with E-state index in [-0.39, 0.29) is 42.3 Å². The Morgan fingerprint density at radius 3 is 2.61 bits per heavy atom. The van der Waals surface area contributed by atoms with Crippen LogP contribution in [0.5, 0.6) is 5.75 Å². The summed E-state index contributed by atoms with van der Waals surface area (Å²) in [6.45, 7) is 0.728. The average Bonchev–Trinajstić information content (AvgIpc) is 3.21. The smallest absolute Gasteiger partial charge is 0.434 e. The molecule has 0 fully saturated rings. The first-order chi connectivity index (χ1) is 19.4. The highest BCUT2D eigenvalue weighted by atomic mass is 79.9. The van der Waals surface area contributed by atoms with E-state index in [1.807, 2.05) is 0 Å². The van der Waals surface area contributed by atoms with Gasteiger partial charge in [0.15, 0.2) is 17.1 Å². The van der Waals surface area contributed by atoms with Crippen molar-refractivity contribution in [2.24, 2.45) is 4.99 Å². The third-order valence-corrected chi connectivity index (χ3v) is 7.43. The fraction of sp³-hybridized carbons (Fsp3) is 0.200. The maximum Gasteiger partial charge on any atom is 0.434 e. The lowest BCUT2D eigenvalue weighted by atomic mass is 9.95. The highest BCUT2D eigenvalue weighted by Gasteiger charge is 2.45. The Morgan fingerprint density at radius 1 is 1.34 bits per heavy atom. The molecule has 0 saturated carbocycles. The van der Waals surface area contributed by atoms with E-state index in [1.165, 1.54) is 43.3 Å². The Balaban J connectivity index is 2.01. The van der Waals surface area contributed by atoms with Gasteiger partial charge in [-0.3, -0.25) is 19.5 Å². The Labute approximate surface area is 245 Å². The SMILES string of the molecule is CCOC(=O)C1=C(C(F)(F)F)N=c2s/c(=C\c3cc(Br)c(OCC#N)c([N+](=O)[O-])c3)c(=O)n2[C@@H]1c1ccc(Cl)cc1. The predicted molar refractivity (Wildman–Crippen MR) is 144 cm³/mol. The minimum atomic E-state index is -5.08. The molecule has 0 saturated heterocycles. The van der Waals surface area contributed by atoms with Gasteiger partial charge in [0, 0.05) is 11.1 Å². The molecule has 2 heterocycles. The molecule has 16 heteroatoms. The second-order valence-corrected chi connectivity index (χ2v) is 10.5. The van der Waals surface area contributed by atoms with Crippen LogP contribution in [0.3, 0.4) is 0 Å². The Morgan fingerprint density at radius 2 is 2.02 bits per heavy atom. The van der Waals surface area contributed by atoms with Gasteiger partial charge in [-0.25, -0.2) is 9.79 Å². The van der Waals surface area contributed by atoms with E-state index in [2.05, 4.69) is 20.9 Å². The van der Waals surface area contributed by atoms with Gasteiger partial charge in [0.05, 0.1) is 32.2 Å². The molecule has 0 N–H and O–H groups in total. The summed E-state index contributed by atoms with van der Waals surface area (Å²) in [6, 6.07) is 8.15. The van der Waals surface area contributed by atoms with Crippen molar-refractivity contribution in [2.75, 3.05) is 13.2 Å². The van der Waals surface area contributed by atoms with E-state index in [0.717, 1.165) is 10.6 Å². The molecule has 10 nitrogen and oxygen atoms in total. The molecular weight excluding hydrogens is 657 g/mol. The summed E-state index contributed by atoms with van der Waals surface area (Å²) in [5.41, 5.74) is -3.45. The second kappa shape index (κ2) is 11.9. The summed E-state index contributed by atoms with van der Waals surface area (Å²) in [5, 5.41) is 20.7. The molecule has 0 spiro atoms. The van der Waals surface area contributed by atoms with Crippen molar-refractivity contribution >= 4 is 56.6 Å². The highest BCUT2D eigenvalue weighted by Crippen LogP contribution is 2.39. The van der Waals surface area contributed by atoms with Crippen LogP contribution in [0.4, 0.5) is 18.9 Å². The molecule has 0 amide bonds. The normalized spacial score (nSPS) is 15.1. The lowest BCUT2D eigenvalue weighted by Gasteiger charge is -2.26. The van der Waals surface area contributed by atoms with Gasteiger partial charge < -0.3 is 9.47 Å². The van der Waals surface area contributed by atoms with Gasteiger partial charge in [0.25, 0.3) is 5.56 Å². The molecule has 1 aliphatic rings. The van der Waals surface area contributed by atoms with Crippen LogP contribution in [0.15, 0.2) is 61.9 Å². The maximum atomic E-state index is 14.2. The number of hydrogen-bond acceptors (Lipinski definition) is 9. The quantitative estimate of drug-likeness (QED) is 0.204. The van der Waals surface area contributed by atoms with E-state index in [0.29, 0.717) is 11.3 Å². The summed E-state index contributed by atoms with van der Waals surface area (Å²) < 4.78 is 53.6. The number of thiazole rings is 1. The number of allylic oxidation sites excluding steroid dienone is 1. The van der Waals surface area contributed by atoms with Crippen molar-refractivity contribution in [1.29, 1.82) is 5.26 Å². The van der Waals surface area contributed by atoms with Gasteiger partial charge in [-0.2, -0.15) is 18.4 Å². The minimum Gasteiger partial charge on any atom is -0.471 e. The number of benzene rings is 2. The van der Waals surface area contributed by atoms with Gasteiger partial charge in [-0.1, -0.05) is 35.1 Å². The molecule has 0 unspecified atom stereocenters. The van der Waals surface area contributed by atoms with Crippen LogP contribution in [0.1, 0.15) is 24.1 Å². The molecule has 41 heavy (non-hydrogen) atoms. The maximum absolute atomic E-state index is 14.2. The molecule has 0 radical (unpaired) electrons. The molecule has 0 aliphatic carbocycles. The van der Waals surface area contributed by atoms with Gasteiger partial charge >= 0.3 is 17.8 Å². The van der Waals surface area contributed by atoms with Crippen LogP contribution in [-0.2, 0) is 9.53 Å². The van der Waals surface area contributed by atoms with E-state index in [9.17, 15) is 32.9 Å². The molecule has 1 atom stereocenters. The van der Waals surface area contributed by atoms with Crippen molar-refractivity contribution in [2.45, 2.75) is 19.1 Å². The zero-order chi connectivity index (χ0) is 30.1. The Kier molecular flexibility index (Phi) is 8.66.